The normalized spacial score (nSPS) is 12.0. The number of methoxy groups -OCH3 is 1. The number of carbonyl (C=O) groups is 3. The molecule has 0 unspecified atom stereocenters. The summed E-state index contributed by atoms with van der Waals surface area (Å²) in [7, 11) is 1.09. The standard InChI is InChI=1S/C16H21NO6/c1-16(2,3)23-14(19)17-12(13(18)22-15(20)21-4)10-11-8-6-5-7-9-11/h5-9,12H,10H2,1-4H3,(H,17,19)/t12-/m0/s1. The third-order valence-electron chi connectivity index (χ3n) is 2.61. The molecule has 0 aliphatic heterocycles. The number of nitrogens with one attached hydrogen (secondary N) is 1. The topological polar surface area (TPSA) is 90.9 Å². The summed E-state index contributed by atoms with van der Waals surface area (Å²) in [6.45, 7) is 5.10. The first-order valence-electron chi connectivity index (χ1n) is 7.04. The van der Waals surface area contributed by atoms with Crippen LogP contribution in [0.2, 0.25) is 0 Å². The van der Waals surface area contributed by atoms with E-state index in [0.717, 1.165) is 12.7 Å². The molecule has 7 nitrogen and oxygen atoms in total. The van der Waals surface area contributed by atoms with Gasteiger partial charge in [0.15, 0.2) is 0 Å². The van der Waals surface area contributed by atoms with E-state index in [2.05, 4.69) is 14.8 Å². The fourth-order valence-electron chi connectivity index (χ4n) is 1.69. The largest absolute Gasteiger partial charge is 0.515 e. The van der Waals surface area contributed by atoms with Crippen molar-refractivity contribution in [2.45, 2.75) is 38.8 Å². The van der Waals surface area contributed by atoms with Gasteiger partial charge in [-0.1, -0.05) is 30.3 Å². The molecule has 1 amide bonds. The van der Waals surface area contributed by atoms with Gasteiger partial charge in [0.2, 0.25) is 0 Å². The zero-order valence-electron chi connectivity index (χ0n) is 13.6. The van der Waals surface area contributed by atoms with Crippen molar-refractivity contribution in [3.05, 3.63) is 35.9 Å². The van der Waals surface area contributed by atoms with Gasteiger partial charge < -0.3 is 19.5 Å². The van der Waals surface area contributed by atoms with Gasteiger partial charge in [0, 0.05) is 6.42 Å². The third-order valence-corrected chi connectivity index (χ3v) is 2.61. The van der Waals surface area contributed by atoms with Gasteiger partial charge in [-0.3, -0.25) is 0 Å². The van der Waals surface area contributed by atoms with Gasteiger partial charge in [0.05, 0.1) is 7.11 Å². The molecule has 0 bridgehead atoms. The van der Waals surface area contributed by atoms with Gasteiger partial charge in [0.1, 0.15) is 11.6 Å². The van der Waals surface area contributed by atoms with E-state index in [-0.39, 0.29) is 6.42 Å². The first kappa shape index (κ1) is 18.5. The number of rotatable bonds is 4. The van der Waals surface area contributed by atoms with E-state index in [1.54, 1.807) is 45.0 Å². The number of amides is 1. The highest BCUT2D eigenvalue weighted by molar-refractivity contribution is 5.88. The molecule has 0 saturated heterocycles. The Labute approximate surface area is 134 Å². The van der Waals surface area contributed by atoms with Crippen molar-refractivity contribution in [1.29, 1.82) is 0 Å². The van der Waals surface area contributed by atoms with Crippen LogP contribution in [-0.2, 0) is 25.4 Å². The molecule has 1 rings (SSSR count). The Bertz CT molecular complexity index is 549. The fraction of sp³-hybridized carbons (Fsp3) is 0.438. The van der Waals surface area contributed by atoms with Crippen LogP contribution in [0.3, 0.4) is 0 Å². The second-order valence-corrected chi connectivity index (χ2v) is 5.76. The molecule has 1 aromatic rings. The fourth-order valence-corrected chi connectivity index (χ4v) is 1.69. The average molecular weight is 323 g/mol. The Hall–Kier alpha value is -2.57. The summed E-state index contributed by atoms with van der Waals surface area (Å²) in [6, 6.07) is 7.92. The molecule has 0 saturated carbocycles. The minimum Gasteiger partial charge on any atom is -0.444 e. The Kier molecular flexibility index (Phi) is 6.56. The molecule has 126 valence electrons. The predicted octanol–water partition coefficient (Wildman–Crippen LogP) is 2.43. The predicted molar refractivity (Wildman–Crippen MR) is 81.8 cm³/mol. The van der Waals surface area contributed by atoms with Crippen LogP contribution in [0.5, 0.6) is 0 Å². The lowest BCUT2D eigenvalue weighted by Crippen LogP contribution is -2.46. The first-order valence-corrected chi connectivity index (χ1v) is 7.04. The lowest BCUT2D eigenvalue weighted by Gasteiger charge is -2.22. The molecular weight excluding hydrogens is 302 g/mol. The van der Waals surface area contributed by atoms with Crippen molar-refractivity contribution >= 4 is 18.2 Å². The molecule has 0 aliphatic carbocycles. The van der Waals surface area contributed by atoms with Crippen LogP contribution in [-0.4, -0.2) is 37.0 Å². The van der Waals surface area contributed by atoms with Crippen molar-refractivity contribution in [3.63, 3.8) is 0 Å². The van der Waals surface area contributed by atoms with E-state index in [1.807, 2.05) is 6.07 Å². The van der Waals surface area contributed by atoms with Gasteiger partial charge >= 0.3 is 18.2 Å². The Morgan fingerprint density at radius 2 is 1.74 bits per heavy atom. The molecule has 7 heteroatoms. The minimum atomic E-state index is -1.14. The highest BCUT2D eigenvalue weighted by Gasteiger charge is 2.27. The maximum Gasteiger partial charge on any atom is 0.515 e. The molecule has 0 aliphatic rings. The number of esters is 1. The summed E-state index contributed by atoms with van der Waals surface area (Å²) in [4.78, 5) is 35.0. The average Bonchev–Trinajstić information content (AvgIpc) is 2.45. The Morgan fingerprint density at radius 3 is 2.26 bits per heavy atom. The third kappa shape index (κ3) is 7.30. The van der Waals surface area contributed by atoms with Crippen LogP contribution < -0.4 is 5.32 Å². The van der Waals surface area contributed by atoms with E-state index >= 15 is 0 Å². The number of hydrogen-bond acceptors (Lipinski definition) is 6. The van der Waals surface area contributed by atoms with E-state index in [0.29, 0.717) is 0 Å². The maximum atomic E-state index is 12.0. The number of alkyl carbamates (subject to hydrolysis) is 1. The maximum absolute atomic E-state index is 12.0. The van der Waals surface area contributed by atoms with E-state index in [9.17, 15) is 14.4 Å². The van der Waals surface area contributed by atoms with Crippen molar-refractivity contribution < 1.29 is 28.6 Å². The summed E-state index contributed by atoms with van der Waals surface area (Å²) >= 11 is 0. The van der Waals surface area contributed by atoms with Crippen molar-refractivity contribution in [2.24, 2.45) is 0 Å². The zero-order chi connectivity index (χ0) is 17.5. The second-order valence-electron chi connectivity index (χ2n) is 5.76. The van der Waals surface area contributed by atoms with Gasteiger partial charge in [-0.05, 0) is 26.3 Å². The zero-order valence-corrected chi connectivity index (χ0v) is 13.6. The highest BCUT2D eigenvalue weighted by Crippen LogP contribution is 2.09. The van der Waals surface area contributed by atoms with Gasteiger partial charge in [-0.15, -0.1) is 0 Å². The molecule has 1 atom stereocenters. The quantitative estimate of drug-likeness (QED) is 0.676. The van der Waals surface area contributed by atoms with Crippen LogP contribution in [0, 0.1) is 0 Å². The van der Waals surface area contributed by atoms with Gasteiger partial charge in [-0.25, -0.2) is 14.4 Å². The molecule has 0 aromatic heterocycles. The molecule has 1 N–H and O–H groups in total. The van der Waals surface area contributed by atoms with Crippen LogP contribution >= 0.6 is 0 Å². The van der Waals surface area contributed by atoms with Crippen LogP contribution in [0.4, 0.5) is 9.59 Å². The summed E-state index contributed by atoms with van der Waals surface area (Å²) in [6.07, 6.45) is -1.77. The molecule has 0 radical (unpaired) electrons. The SMILES string of the molecule is COC(=O)OC(=O)[C@H](Cc1ccccc1)NC(=O)OC(C)(C)C. The first-order chi connectivity index (χ1) is 10.7. The van der Waals surface area contributed by atoms with Crippen LogP contribution in [0.25, 0.3) is 0 Å². The van der Waals surface area contributed by atoms with E-state index in [4.69, 9.17) is 4.74 Å². The summed E-state index contributed by atoms with van der Waals surface area (Å²) in [5.41, 5.74) is 0.0727. The van der Waals surface area contributed by atoms with Crippen molar-refractivity contribution in [1.82, 2.24) is 5.32 Å². The summed E-state index contributed by atoms with van der Waals surface area (Å²) in [5.74, 6) is -0.924. The smallest absolute Gasteiger partial charge is 0.444 e. The monoisotopic (exact) mass is 323 g/mol. The van der Waals surface area contributed by atoms with Crippen molar-refractivity contribution in [3.8, 4) is 0 Å². The molecule has 0 fully saturated rings. The lowest BCUT2D eigenvalue weighted by molar-refractivity contribution is -0.141. The molecule has 0 heterocycles. The number of ether oxygens (including phenoxy) is 3. The lowest BCUT2D eigenvalue weighted by atomic mass is 10.1. The molecule has 1 aromatic carbocycles. The minimum absolute atomic E-state index is 0.149. The molecular formula is C16H21NO6. The summed E-state index contributed by atoms with van der Waals surface area (Å²) < 4.78 is 13.9. The Morgan fingerprint density at radius 1 is 1.13 bits per heavy atom. The van der Waals surface area contributed by atoms with Crippen LogP contribution in [0.1, 0.15) is 26.3 Å². The molecule has 23 heavy (non-hydrogen) atoms. The second kappa shape index (κ2) is 8.17. The molecule has 0 spiro atoms. The van der Waals surface area contributed by atoms with Crippen LogP contribution in [0.15, 0.2) is 30.3 Å². The van der Waals surface area contributed by atoms with Gasteiger partial charge in [0.25, 0.3) is 0 Å². The number of carbonyl (C=O) groups excluding carboxylic acids is 3. The van der Waals surface area contributed by atoms with E-state index < -0.39 is 29.9 Å². The van der Waals surface area contributed by atoms with Crippen molar-refractivity contribution in [2.75, 3.05) is 7.11 Å². The van der Waals surface area contributed by atoms with Gasteiger partial charge in [-0.2, -0.15) is 0 Å². The summed E-state index contributed by atoms with van der Waals surface area (Å²) in [5, 5.41) is 2.41. The number of hydrogen-bond donors (Lipinski definition) is 1. The highest BCUT2D eigenvalue weighted by atomic mass is 16.7. The van der Waals surface area contributed by atoms with E-state index in [1.165, 1.54) is 0 Å². The number of benzene rings is 1. The Balaban J connectivity index is 2.81.